The number of esters is 1. The second-order valence-electron chi connectivity index (χ2n) is 9.95. The number of carbonyl (C=O) groups is 1. The van der Waals surface area contributed by atoms with Crippen molar-refractivity contribution in [1.29, 1.82) is 0 Å². The second-order valence-corrected chi connectivity index (χ2v) is 9.95. The molecule has 4 aromatic rings. The molecule has 0 aliphatic heterocycles. The average Bonchev–Trinajstić information content (AvgIpc) is 3.03. The van der Waals surface area contributed by atoms with Crippen LogP contribution in [0.5, 0.6) is 0 Å². The molecule has 1 aliphatic rings. The van der Waals surface area contributed by atoms with E-state index in [0.717, 1.165) is 16.7 Å². The maximum Gasteiger partial charge on any atom is 0.338 e. The third-order valence-electron chi connectivity index (χ3n) is 7.06. The number of halogens is 1. The highest BCUT2D eigenvalue weighted by Crippen LogP contribution is 2.34. The van der Waals surface area contributed by atoms with Crippen molar-refractivity contribution in [3.05, 3.63) is 144 Å². The standard InChI is InChI=1S/C34H33FO6/c35-28-29(36)31(41-34(37)27-19-11-4-12-20-27)33(40-23-26-17-9-3-10-18-26)32(39-22-25-15-7-2-8-16-25)30(28)38-21-24-13-5-1-6-14-24/h1-20,28-33,36H,21-23H2/t28-,29+,30+,31+,32-,33-/m0/s1. The van der Waals surface area contributed by atoms with E-state index in [-0.39, 0.29) is 25.4 Å². The van der Waals surface area contributed by atoms with Crippen molar-refractivity contribution in [1.82, 2.24) is 0 Å². The lowest BCUT2D eigenvalue weighted by molar-refractivity contribution is -0.250. The number of ether oxygens (including phenoxy) is 4. The van der Waals surface area contributed by atoms with Gasteiger partial charge in [-0.1, -0.05) is 109 Å². The molecule has 0 unspecified atom stereocenters. The number of rotatable bonds is 11. The van der Waals surface area contributed by atoms with E-state index in [1.807, 2.05) is 91.0 Å². The van der Waals surface area contributed by atoms with Crippen LogP contribution in [0, 0.1) is 0 Å². The molecule has 41 heavy (non-hydrogen) atoms. The fourth-order valence-electron chi connectivity index (χ4n) is 4.89. The summed E-state index contributed by atoms with van der Waals surface area (Å²) in [5.74, 6) is -0.694. The highest BCUT2D eigenvalue weighted by atomic mass is 19.1. The molecule has 6 nitrogen and oxygen atoms in total. The molecule has 0 bridgehead atoms. The molecule has 5 rings (SSSR count). The van der Waals surface area contributed by atoms with Gasteiger partial charge in [-0.25, -0.2) is 9.18 Å². The van der Waals surface area contributed by atoms with Crippen molar-refractivity contribution in [2.24, 2.45) is 0 Å². The Kier molecular flexibility index (Phi) is 9.88. The molecular formula is C34H33FO6. The monoisotopic (exact) mass is 556 g/mol. The van der Waals surface area contributed by atoms with Crippen LogP contribution in [0.4, 0.5) is 4.39 Å². The number of hydrogen-bond donors (Lipinski definition) is 1. The molecule has 0 saturated heterocycles. The summed E-state index contributed by atoms with van der Waals surface area (Å²) in [7, 11) is 0. The Morgan fingerprint density at radius 2 is 0.927 bits per heavy atom. The molecule has 0 radical (unpaired) electrons. The zero-order valence-corrected chi connectivity index (χ0v) is 22.5. The highest BCUT2D eigenvalue weighted by molar-refractivity contribution is 5.89. The van der Waals surface area contributed by atoms with E-state index in [1.165, 1.54) is 0 Å². The number of aliphatic hydroxyl groups is 1. The van der Waals surface area contributed by atoms with Gasteiger partial charge in [-0.15, -0.1) is 0 Å². The van der Waals surface area contributed by atoms with Crippen molar-refractivity contribution in [2.45, 2.75) is 56.5 Å². The van der Waals surface area contributed by atoms with Gasteiger partial charge in [0.05, 0.1) is 25.4 Å². The second kappa shape index (κ2) is 14.1. The summed E-state index contributed by atoms with van der Waals surface area (Å²) in [6, 6.07) is 36.7. The Morgan fingerprint density at radius 1 is 0.561 bits per heavy atom. The largest absolute Gasteiger partial charge is 0.453 e. The van der Waals surface area contributed by atoms with E-state index in [2.05, 4.69) is 0 Å². The third kappa shape index (κ3) is 7.45. The van der Waals surface area contributed by atoms with Crippen LogP contribution in [-0.4, -0.2) is 47.8 Å². The quantitative estimate of drug-likeness (QED) is 0.240. The first-order valence-electron chi connectivity index (χ1n) is 13.6. The zero-order chi connectivity index (χ0) is 28.4. The molecule has 4 aromatic carbocycles. The maximum atomic E-state index is 16.1. The van der Waals surface area contributed by atoms with Crippen molar-refractivity contribution in [2.75, 3.05) is 0 Å². The molecule has 1 N–H and O–H groups in total. The van der Waals surface area contributed by atoms with Gasteiger partial charge in [-0.2, -0.15) is 0 Å². The molecule has 212 valence electrons. The Bertz CT molecular complexity index is 1340. The first-order chi connectivity index (χ1) is 20.1. The summed E-state index contributed by atoms with van der Waals surface area (Å²) < 4.78 is 40.5. The maximum absolute atomic E-state index is 16.1. The van der Waals surface area contributed by atoms with E-state index in [9.17, 15) is 9.90 Å². The first kappa shape index (κ1) is 28.6. The zero-order valence-electron chi connectivity index (χ0n) is 22.5. The molecule has 7 heteroatoms. The number of aliphatic hydroxyl groups excluding tert-OH is 1. The number of hydrogen-bond acceptors (Lipinski definition) is 6. The predicted octanol–water partition coefficient (Wildman–Crippen LogP) is 5.68. The molecule has 0 amide bonds. The van der Waals surface area contributed by atoms with Crippen LogP contribution in [0.2, 0.25) is 0 Å². The minimum atomic E-state index is -1.91. The molecule has 0 spiro atoms. The topological polar surface area (TPSA) is 74.2 Å². The Labute approximate surface area is 239 Å². The lowest BCUT2D eigenvalue weighted by atomic mass is 9.84. The van der Waals surface area contributed by atoms with Gasteiger partial charge >= 0.3 is 5.97 Å². The Morgan fingerprint density at radius 3 is 1.37 bits per heavy atom. The van der Waals surface area contributed by atoms with Gasteiger partial charge in [-0.05, 0) is 28.8 Å². The van der Waals surface area contributed by atoms with Crippen molar-refractivity contribution >= 4 is 5.97 Å². The van der Waals surface area contributed by atoms with E-state index >= 15 is 4.39 Å². The minimum Gasteiger partial charge on any atom is -0.453 e. The summed E-state index contributed by atoms with van der Waals surface area (Å²) in [6.07, 6.45) is -8.20. The van der Waals surface area contributed by atoms with E-state index < -0.39 is 42.7 Å². The van der Waals surface area contributed by atoms with E-state index in [0.29, 0.717) is 0 Å². The van der Waals surface area contributed by atoms with E-state index in [1.54, 1.807) is 30.3 Å². The summed E-state index contributed by atoms with van der Waals surface area (Å²) in [5, 5.41) is 11.2. The van der Waals surface area contributed by atoms with Crippen molar-refractivity contribution in [3.8, 4) is 0 Å². The molecule has 1 aliphatic carbocycles. The minimum absolute atomic E-state index is 0.101. The molecular weight excluding hydrogens is 523 g/mol. The number of carbonyl (C=O) groups excluding carboxylic acids is 1. The van der Waals surface area contributed by atoms with Crippen LogP contribution in [0.3, 0.4) is 0 Å². The first-order valence-corrected chi connectivity index (χ1v) is 13.6. The van der Waals surface area contributed by atoms with Gasteiger partial charge in [0.2, 0.25) is 0 Å². The van der Waals surface area contributed by atoms with Gasteiger partial charge in [0.25, 0.3) is 0 Å². The van der Waals surface area contributed by atoms with Gasteiger partial charge in [0.1, 0.15) is 24.4 Å². The molecule has 1 saturated carbocycles. The molecule has 0 aromatic heterocycles. The van der Waals surface area contributed by atoms with Crippen molar-refractivity contribution < 1.29 is 33.2 Å². The highest BCUT2D eigenvalue weighted by Gasteiger charge is 2.55. The van der Waals surface area contributed by atoms with Crippen LogP contribution >= 0.6 is 0 Å². The summed E-state index contributed by atoms with van der Waals surface area (Å²) >= 11 is 0. The van der Waals surface area contributed by atoms with Gasteiger partial charge < -0.3 is 24.1 Å². The third-order valence-corrected chi connectivity index (χ3v) is 7.06. The fourth-order valence-corrected chi connectivity index (χ4v) is 4.89. The molecule has 1 fully saturated rings. The van der Waals surface area contributed by atoms with E-state index in [4.69, 9.17) is 18.9 Å². The predicted molar refractivity (Wildman–Crippen MR) is 152 cm³/mol. The lowest BCUT2D eigenvalue weighted by Gasteiger charge is -2.45. The number of alkyl halides is 1. The molecule has 6 atom stereocenters. The van der Waals surface area contributed by atoms with Gasteiger partial charge in [0.15, 0.2) is 12.3 Å². The normalized spacial score (nSPS) is 24.0. The van der Waals surface area contributed by atoms with Crippen LogP contribution < -0.4 is 0 Å². The fraction of sp³-hybridized carbons (Fsp3) is 0.265. The summed E-state index contributed by atoms with van der Waals surface area (Å²) in [5.41, 5.74) is 2.85. The summed E-state index contributed by atoms with van der Waals surface area (Å²) in [4.78, 5) is 13.1. The smallest absolute Gasteiger partial charge is 0.338 e. The summed E-state index contributed by atoms with van der Waals surface area (Å²) in [6.45, 7) is 0.374. The van der Waals surface area contributed by atoms with Crippen LogP contribution in [0.15, 0.2) is 121 Å². The Hall–Kier alpha value is -3.88. The van der Waals surface area contributed by atoms with Gasteiger partial charge in [0, 0.05) is 0 Å². The van der Waals surface area contributed by atoms with Crippen LogP contribution in [0.1, 0.15) is 27.0 Å². The van der Waals surface area contributed by atoms with Gasteiger partial charge in [-0.3, -0.25) is 0 Å². The van der Waals surface area contributed by atoms with Crippen LogP contribution in [0.25, 0.3) is 0 Å². The van der Waals surface area contributed by atoms with Crippen LogP contribution in [-0.2, 0) is 38.8 Å². The average molecular weight is 557 g/mol. The van der Waals surface area contributed by atoms with Crippen molar-refractivity contribution in [3.63, 3.8) is 0 Å². The number of benzene rings is 4. The SMILES string of the molecule is O=C(O[C@@H]1[C@H](O)[C@H](F)[C@@H](OCc2ccccc2)[C@H](OCc2ccccc2)[C@H]1OCc1ccccc1)c1ccccc1. The Balaban J connectivity index is 1.45. The lowest BCUT2D eigenvalue weighted by Crippen LogP contribution is -2.65. The molecule has 0 heterocycles.